The first-order valence-electron chi connectivity index (χ1n) is 9.67. The van der Waals surface area contributed by atoms with Gasteiger partial charge in [0.25, 0.3) is 5.91 Å². The molecule has 0 saturated heterocycles. The molecule has 0 fully saturated rings. The number of amides is 2. The Morgan fingerprint density at radius 1 is 0.935 bits per heavy atom. The molecule has 0 unspecified atom stereocenters. The molecule has 1 aliphatic carbocycles. The highest BCUT2D eigenvalue weighted by atomic mass is 32.2. The van der Waals surface area contributed by atoms with Gasteiger partial charge in [-0.2, -0.15) is 4.72 Å². The van der Waals surface area contributed by atoms with E-state index >= 15 is 0 Å². The number of carbonyl (C=O) groups excluding carboxylic acids is 3. The van der Waals surface area contributed by atoms with Gasteiger partial charge in [0.2, 0.25) is 15.9 Å². The minimum absolute atomic E-state index is 0.0799. The number of aryl methyl sites for hydroxylation is 2. The van der Waals surface area contributed by atoms with Gasteiger partial charge < -0.3 is 15.4 Å². The molecule has 164 valence electrons. The summed E-state index contributed by atoms with van der Waals surface area (Å²) in [7, 11) is -3.96. The second-order valence-corrected chi connectivity index (χ2v) is 8.84. The van der Waals surface area contributed by atoms with E-state index in [1.54, 1.807) is 6.07 Å². The summed E-state index contributed by atoms with van der Waals surface area (Å²) in [6, 6.07) is 11.1. The Bertz CT molecular complexity index is 1100. The molecule has 0 aliphatic heterocycles. The molecule has 0 saturated carbocycles. The van der Waals surface area contributed by atoms with Crippen LogP contribution in [0.2, 0.25) is 0 Å². The Balaban J connectivity index is 1.44. The molecule has 3 N–H and O–H groups in total. The summed E-state index contributed by atoms with van der Waals surface area (Å²) in [6.45, 7) is 0.189. The van der Waals surface area contributed by atoms with Crippen molar-refractivity contribution in [2.75, 3.05) is 23.8 Å². The Labute approximate surface area is 180 Å². The molecule has 0 spiro atoms. The molecule has 9 nitrogen and oxygen atoms in total. The second-order valence-electron chi connectivity index (χ2n) is 7.08. The third-order valence-corrected chi connectivity index (χ3v) is 6.06. The van der Waals surface area contributed by atoms with Crippen LogP contribution in [0.1, 0.15) is 24.5 Å². The molecule has 1 aliphatic rings. The fraction of sp³-hybridized carbons (Fsp3) is 0.286. The first kappa shape index (κ1) is 22.4. The van der Waals surface area contributed by atoms with Crippen molar-refractivity contribution in [3.63, 3.8) is 0 Å². The highest BCUT2D eigenvalue weighted by Gasteiger charge is 2.17. The lowest BCUT2D eigenvalue weighted by Gasteiger charge is -2.09. The van der Waals surface area contributed by atoms with E-state index in [4.69, 9.17) is 4.74 Å². The maximum Gasteiger partial charge on any atom is 0.321 e. The number of sulfonamides is 1. The normalized spacial score (nSPS) is 12.7. The van der Waals surface area contributed by atoms with E-state index in [0.29, 0.717) is 11.4 Å². The van der Waals surface area contributed by atoms with Crippen molar-refractivity contribution in [3.05, 3.63) is 53.6 Å². The van der Waals surface area contributed by atoms with Crippen LogP contribution < -0.4 is 15.4 Å². The van der Waals surface area contributed by atoms with Crippen molar-refractivity contribution < 1.29 is 27.5 Å². The number of carbonyl (C=O) groups is 3. The lowest BCUT2D eigenvalue weighted by atomic mass is 10.1. The highest BCUT2D eigenvalue weighted by molar-refractivity contribution is 7.89. The van der Waals surface area contributed by atoms with E-state index in [0.717, 1.165) is 19.3 Å². The molecule has 2 aromatic carbocycles. The second kappa shape index (κ2) is 9.71. The zero-order valence-corrected chi connectivity index (χ0v) is 17.8. The van der Waals surface area contributed by atoms with Crippen LogP contribution in [0.25, 0.3) is 0 Å². The summed E-state index contributed by atoms with van der Waals surface area (Å²) >= 11 is 0. The average molecular weight is 445 g/mol. The van der Waals surface area contributed by atoms with E-state index in [1.165, 1.54) is 42.3 Å². The molecule has 0 bridgehead atoms. The summed E-state index contributed by atoms with van der Waals surface area (Å²) in [5.41, 5.74) is 3.56. The zero-order chi connectivity index (χ0) is 22.4. The third-order valence-electron chi connectivity index (χ3n) is 4.64. The lowest BCUT2D eigenvalue weighted by molar-refractivity contribution is -0.146. The van der Waals surface area contributed by atoms with Crippen molar-refractivity contribution in [2.24, 2.45) is 0 Å². The van der Waals surface area contributed by atoms with E-state index in [9.17, 15) is 22.8 Å². The molecule has 2 amide bonds. The van der Waals surface area contributed by atoms with E-state index in [1.807, 2.05) is 12.1 Å². The van der Waals surface area contributed by atoms with Gasteiger partial charge in [-0.1, -0.05) is 6.07 Å². The molecule has 0 heterocycles. The van der Waals surface area contributed by atoms with Crippen LogP contribution in [-0.4, -0.2) is 39.4 Å². The summed E-state index contributed by atoms with van der Waals surface area (Å²) in [6.07, 6.45) is 3.11. The molecular formula is C21H23N3O6S. The van der Waals surface area contributed by atoms with Gasteiger partial charge in [0.05, 0.1) is 4.90 Å². The maximum atomic E-state index is 12.3. The van der Waals surface area contributed by atoms with Crippen LogP contribution in [0.15, 0.2) is 47.4 Å². The van der Waals surface area contributed by atoms with Gasteiger partial charge in [-0.25, -0.2) is 8.42 Å². The average Bonchev–Trinajstić information content (AvgIpc) is 3.18. The minimum Gasteiger partial charge on any atom is -0.455 e. The number of hydrogen-bond acceptors (Lipinski definition) is 6. The van der Waals surface area contributed by atoms with Gasteiger partial charge >= 0.3 is 5.97 Å². The van der Waals surface area contributed by atoms with Gasteiger partial charge in [0.1, 0.15) is 6.54 Å². The van der Waals surface area contributed by atoms with Gasteiger partial charge in [-0.15, -0.1) is 0 Å². The van der Waals surface area contributed by atoms with Crippen LogP contribution in [0.3, 0.4) is 0 Å². The van der Waals surface area contributed by atoms with Gasteiger partial charge in [-0.3, -0.25) is 14.4 Å². The molecule has 0 atom stereocenters. The van der Waals surface area contributed by atoms with Gasteiger partial charge in [0, 0.05) is 18.3 Å². The predicted octanol–water partition coefficient (Wildman–Crippen LogP) is 1.59. The van der Waals surface area contributed by atoms with Crippen LogP contribution in [0.4, 0.5) is 11.4 Å². The van der Waals surface area contributed by atoms with Crippen molar-refractivity contribution in [1.82, 2.24) is 4.72 Å². The molecule has 3 rings (SSSR count). The zero-order valence-electron chi connectivity index (χ0n) is 16.9. The predicted molar refractivity (Wildman–Crippen MR) is 114 cm³/mol. The number of esters is 1. The van der Waals surface area contributed by atoms with Crippen LogP contribution in [-0.2, 0) is 42.0 Å². The molecular weight excluding hydrogens is 422 g/mol. The standard InChI is InChI=1S/C21H23N3O6S/c1-14(25)23-17-7-9-19(10-8-17)31(28,29)22-12-21(27)30-13-20(26)24-18-6-5-15-3-2-4-16(15)11-18/h5-11,22H,2-4,12-13H2,1H3,(H,23,25)(H,24,26). The van der Waals surface area contributed by atoms with Gasteiger partial charge in [0.15, 0.2) is 6.61 Å². The van der Waals surface area contributed by atoms with Crippen molar-refractivity contribution in [3.8, 4) is 0 Å². The van der Waals surface area contributed by atoms with Crippen molar-refractivity contribution >= 4 is 39.2 Å². The topological polar surface area (TPSA) is 131 Å². The fourth-order valence-electron chi connectivity index (χ4n) is 3.20. The quantitative estimate of drug-likeness (QED) is 0.529. The molecule has 2 aromatic rings. The SMILES string of the molecule is CC(=O)Nc1ccc(S(=O)(=O)NCC(=O)OCC(=O)Nc2ccc3c(c2)CCC3)cc1. The number of nitrogens with one attached hydrogen (secondary N) is 3. The largest absolute Gasteiger partial charge is 0.455 e. The smallest absolute Gasteiger partial charge is 0.321 e. The number of rotatable bonds is 8. The van der Waals surface area contributed by atoms with E-state index in [2.05, 4.69) is 15.4 Å². The Hall–Kier alpha value is -3.24. The lowest BCUT2D eigenvalue weighted by Crippen LogP contribution is -2.32. The number of ether oxygens (including phenoxy) is 1. The summed E-state index contributed by atoms with van der Waals surface area (Å²) < 4.78 is 31.5. The first-order valence-corrected chi connectivity index (χ1v) is 11.2. The summed E-state index contributed by atoms with van der Waals surface area (Å²) in [4.78, 5) is 34.7. The molecule has 10 heteroatoms. The molecule has 0 radical (unpaired) electrons. The van der Waals surface area contributed by atoms with Gasteiger partial charge in [-0.05, 0) is 66.8 Å². The first-order chi connectivity index (χ1) is 14.7. The molecule has 31 heavy (non-hydrogen) atoms. The maximum absolute atomic E-state index is 12.3. The number of hydrogen-bond donors (Lipinski definition) is 3. The third kappa shape index (κ3) is 6.37. The monoisotopic (exact) mass is 445 g/mol. The number of fused-ring (bicyclic) bond motifs is 1. The van der Waals surface area contributed by atoms with E-state index in [-0.39, 0.29) is 10.8 Å². The van der Waals surface area contributed by atoms with E-state index < -0.39 is 35.1 Å². The fourth-order valence-corrected chi connectivity index (χ4v) is 4.17. The summed E-state index contributed by atoms with van der Waals surface area (Å²) in [5, 5.41) is 5.18. The molecule has 0 aromatic heterocycles. The summed E-state index contributed by atoms with van der Waals surface area (Å²) in [5.74, 6) is -1.68. The van der Waals surface area contributed by atoms with Crippen molar-refractivity contribution in [2.45, 2.75) is 31.1 Å². The highest BCUT2D eigenvalue weighted by Crippen LogP contribution is 2.24. The minimum atomic E-state index is -3.96. The number of benzene rings is 2. The number of anilines is 2. The van der Waals surface area contributed by atoms with Crippen LogP contribution in [0.5, 0.6) is 0 Å². The van der Waals surface area contributed by atoms with Crippen LogP contribution in [0, 0.1) is 0 Å². The van der Waals surface area contributed by atoms with Crippen LogP contribution >= 0.6 is 0 Å². The Morgan fingerprint density at radius 2 is 1.61 bits per heavy atom. The Kier molecular flexibility index (Phi) is 7.03. The Morgan fingerprint density at radius 3 is 2.32 bits per heavy atom. The van der Waals surface area contributed by atoms with Crippen molar-refractivity contribution in [1.29, 1.82) is 0 Å².